The molecule has 3 fully saturated rings. The molecule has 2 saturated heterocycles. The number of halogens is 3. The highest BCUT2D eigenvalue weighted by atomic mass is 32.2. The number of nitrogens with zero attached hydrogens (tertiary/aromatic N) is 7. The first kappa shape index (κ1) is 24.5. The molecular formula is C25H25F3N8O2S. The van der Waals surface area contributed by atoms with Crippen LogP contribution in [0.3, 0.4) is 0 Å². The van der Waals surface area contributed by atoms with E-state index in [1.165, 1.54) is 16.7 Å². The molecule has 4 aromatic rings. The molecule has 14 heteroatoms. The van der Waals surface area contributed by atoms with Crippen LogP contribution in [0.2, 0.25) is 0 Å². The molecule has 1 atom stereocenters. The number of alkyl halides is 3. The Morgan fingerprint density at radius 3 is 2.59 bits per heavy atom. The molecule has 3 aliphatic rings. The van der Waals surface area contributed by atoms with Crippen LogP contribution in [0.4, 0.5) is 19.0 Å². The van der Waals surface area contributed by atoms with Crippen molar-refractivity contribution in [3.63, 3.8) is 0 Å². The van der Waals surface area contributed by atoms with E-state index < -0.39 is 21.6 Å². The Bertz CT molecular complexity index is 1630. The number of fused-ring (bicyclic) bond motifs is 1. The van der Waals surface area contributed by atoms with Gasteiger partial charge in [-0.05, 0) is 31.0 Å². The molecule has 204 valence electrons. The van der Waals surface area contributed by atoms with E-state index >= 15 is 0 Å². The smallest absolute Gasteiger partial charge is 0.353 e. The minimum Gasteiger partial charge on any atom is -0.353 e. The van der Waals surface area contributed by atoms with E-state index in [-0.39, 0.29) is 17.3 Å². The van der Waals surface area contributed by atoms with Crippen LogP contribution in [0.25, 0.3) is 17.2 Å². The fraction of sp³-hybridized carbons (Fsp3) is 0.440. The summed E-state index contributed by atoms with van der Waals surface area (Å²) in [5.41, 5.74) is 0.957. The van der Waals surface area contributed by atoms with Crippen molar-refractivity contribution in [2.45, 2.75) is 31.1 Å². The lowest BCUT2D eigenvalue weighted by Crippen LogP contribution is -2.64. The van der Waals surface area contributed by atoms with Crippen molar-refractivity contribution in [3.8, 4) is 11.5 Å². The lowest BCUT2D eigenvalue weighted by Gasteiger charge is -2.58. The van der Waals surface area contributed by atoms with Gasteiger partial charge in [-0.15, -0.1) is 0 Å². The van der Waals surface area contributed by atoms with Crippen LogP contribution < -0.4 is 4.90 Å². The zero-order valence-corrected chi connectivity index (χ0v) is 21.5. The minimum absolute atomic E-state index is 0.0279. The molecule has 0 bridgehead atoms. The maximum atomic E-state index is 13.3. The predicted octanol–water partition coefficient (Wildman–Crippen LogP) is 2.97. The number of anilines is 1. The number of imidazole rings is 1. The summed E-state index contributed by atoms with van der Waals surface area (Å²) in [6.45, 7) is 2.08. The van der Waals surface area contributed by atoms with Gasteiger partial charge in [0.2, 0.25) is 0 Å². The Labute approximate surface area is 221 Å². The molecule has 7 rings (SSSR count). The molecule has 39 heavy (non-hydrogen) atoms. The molecule has 1 spiro atoms. The third-order valence-electron chi connectivity index (χ3n) is 8.21. The Morgan fingerprint density at radius 1 is 1.05 bits per heavy atom. The number of aromatic amines is 1. The molecule has 4 aromatic heterocycles. The van der Waals surface area contributed by atoms with E-state index in [1.54, 1.807) is 12.3 Å². The maximum absolute atomic E-state index is 13.3. The highest BCUT2D eigenvalue weighted by Gasteiger charge is 2.58. The second kappa shape index (κ2) is 8.49. The molecule has 1 aliphatic carbocycles. The number of pyridine rings is 1. The molecule has 0 radical (unpaired) electrons. The Kier molecular flexibility index (Phi) is 5.34. The second-order valence-electron chi connectivity index (χ2n) is 10.9. The fourth-order valence-electron chi connectivity index (χ4n) is 6.45. The molecule has 10 nitrogen and oxygen atoms in total. The molecule has 0 amide bonds. The normalized spacial score (nSPS) is 23.2. The maximum Gasteiger partial charge on any atom is 0.417 e. The van der Waals surface area contributed by atoms with Crippen molar-refractivity contribution in [1.82, 2.24) is 34.4 Å². The van der Waals surface area contributed by atoms with Gasteiger partial charge in [0.05, 0.1) is 35.5 Å². The average molecular weight is 559 g/mol. The topological polar surface area (TPSA) is 112 Å². The number of hydrogen-bond donors (Lipinski definition) is 1. The monoisotopic (exact) mass is 558 g/mol. The zero-order chi connectivity index (χ0) is 27.0. The van der Waals surface area contributed by atoms with Crippen molar-refractivity contribution in [1.29, 1.82) is 0 Å². The molecular weight excluding hydrogens is 533 g/mol. The van der Waals surface area contributed by atoms with Crippen LogP contribution in [0.1, 0.15) is 30.0 Å². The summed E-state index contributed by atoms with van der Waals surface area (Å²) in [6.07, 6.45) is 5.08. The molecule has 6 heterocycles. The number of nitrogens with one attached hydrogen (secondary N) is 1. The molecule has 1 saturated carbocycles. The first-order valence-corrected chi connectivity index (χ1v) is 14.5. The van der Waals surface area contributed by atoms with E-state index in [1.807, 2.05) is 12.4 Å². The van der Waals surface area contributed by atoms with Crippen LogP contribution in [0.5, 0.6) is 0 Å². The predicted molar refractivity (Wildman–Crippen MR) is 136 cm³/mol. The second-order valence-corrected chi connectivity index (χ2v) is 12.9. The average Bonchev–Trinajstić information content (AvgIpc) is 3.55. The Hall–Kier alpha value is -3.52. The third kappa shape index (κ3) is 4.25. The van der Waals surface area contributed by atoms with Crippen molar-refractivity contribution < 1.29 is 21.6 Å². The summed E-state index contributed by atoms with van der Waals surface area (Å²) in [4.78, 5) is 17.9. The number of H-pyrrole nitrogens is 1. The van der Waals surface area contributed by atoms with Gasteiger partial charge in [-0.2, -0.15) is 18.3 Å². The number of sulfone groups is 1. The van der Waals surface area contributed by atoms with E-state index in [2.05, 4.69) is 30.0 Å². The van der Waals surface area contributed by atoms with Gasteiger partial charge in [0.1, 0.15) is 17.2 Å². The number of aromatic nitrogens is 6. The lowest BCUT2D eigenvalue weighted by atomic mass is 9.66. The van der Waals surface area contributed by atoms with Crippen molar-refractivity contribution in [3.05, 3.63) is 60.3 Å². The van der Waals surface area contributed by atoms with Crippen molar-refractivity contribution in [2.24, 2.45) is 5.41 Å². The highest BCUT2D eigenvalue weighted by Crippen LogP contribution is 2.53. The third-order valence-corrected chi connectivity index (χ3v) is 10.3. The molecule has 1 N–H and O–H groups in total. The SMILES string of the molecule is O=S1(=O)CC2(CC(N3CCN(c4ccnc(-c5cnc6ccc(C(F)(F)F)cn56)n4)C[C@H]3c3cn[nH]c3)C2)C1. The summed E-state index contributed by atoms with van der Waals surface area (Å²) < 4.78 is 64.9. The first-order valence-electron chi connectivity index (χ1n) is 12.7. The Morgan fingerprint density at radius 2 is 1.87 bits per heavy atom. The van der Waals surface area contributed by atoms with Gasteiger partial charge >= 0.3 is 6.18 Å². The summed E-state index contributed by atoms with van der Waals surface area (Å²) in [6, 6.07) is 4.47. The Balaban J connectivity index is 1.15. The van der Waals surface area contributed by atoms with Crippen LogP contribution in [0.15, 0.2) is 49.2 Å². The first-order chi connectivity index (χ1) is 18.6. The fourth-order valence-corrected chi connectivity index (χ4v) is 8.70. The van der Waals surface area contributed by atoms with Crippen molar-refractivity contribution >= 4 is 21.3 Å². The summed E-state index contributed by atoms with van der Waals surface area (Å²) in [7, 11) is -2.87. The van der Waals surface area contributed by atoms with Crippen molar-refractivity contribution in [2.75, 3.05) is 36.0 Å². The van der Waals surface area contributed by atoms with E-state index in [0.29, 0.717) is 47.8 Å². The summed E-state index contributed by atoms with van der Waals surface area (Å²) in [5, 5.41) is 7.04. The van der Waals surface area contributed by atoms with E-state index in [9.17, 15) is 21.6 Å². The van der Waals surface area contributed by atoms with E-state index in [0.717, 1.165) is 37.2 Å². The standard InChI is InChI=1S/C25H25F3N8O2S/c26-25(27,28)17-1-2-21-30-11-19(36(21)12-17)23-29-4-3-22(33-23)34-5-6-35(20(13-34)16-9-31-32-10-16)18-7-24(8-18)14-39(37,38)15-24/h1-4,9-12,18,20H,5-8,13-15H2,(H,31,32)/t20-/m0/s1. The van der Waals surface area contributed by atoms with Gasteiger partial charge in [-0.1, -0.05) is 0 Å². The number of hydrogen-bond acceptors (Lipinski definition) is 8. The van der Waals surface area contributed by atoms with Crippen LogP contribution in [0, 0.1) is 5.41 Å². The van der Waals surface area contributed by atoms with E-state index in [4.69, 9.17) is 4.98 Å². The molecule has 2 aliphatic heterocycles. The highest BCUT2D eigenvalue weighted by molar-refractivity contribution is 7.92. The van der Waals surface area contributed by atoms with Gasteiger partial charge in [0.25, 0.3) is 0 Å². The molecule has 0 unspecified atom stereocenters. The summed E-state index contributed by atoms with van der Waals surface area (Å²) in [5.74, 6) is 1.55. The van der Waals surface area contributed by atoms with Gasteiger partial charge in [-0.25, -0.2) is 23.4 Å². The van der Waals surface area contributed by atoms with Gasteiger partial charge in [0.15, 0.2) is 15.7 Å². The van der Waals surface area contributed by atoms with Crippen LogP contribution >= 0.6 is 0 Å². The number of piperazine rings is 1. The lowest BCUT2D eigenvalue weighted by molar-refractivity contribution is -0.137. The molecule has 0 aromatic carbocycles. The largest absolute Gasteiger partial charge is 0.417 e. The number of rotatable bonds is 4. The zero-order valence-electron chi connectivity index (χ0n) is 20.7. The van der Waals surface area contributed by atoms with Gasteiger partial charge < -0.3 is 4.90 Å². The van der Waals surface area contributed by atoms with Gasteiger partial charge in [-0.3, -0.25) is 14.4 Å². The van der Waals surface area contributed by atoms with Crippen LogP contribution in [-0.2, 0) is 16.0 Å². The minimum atomic E-state index is -4.48. The van der Waals surface area contributed by atoms with Gasteiger partial charge in [0, 0.05) is 55.2 Å². The summed E-state index contributed by atoms with van der Waals surface area (Å²) >= 11 is 0. The van der Waals surface area contributed by atoms with Crippen LogP contribution in [-0.4, -0.2) is 80.0 Å². The quantitative estimate of drug-likeness (QED) is 0.407.